The second kappa shape index (κ2) is 9.46. The number of carbonyl (C=O) groups is 2. The smallest absolute Gasteiger partial charge is 0.238 e. The number of likely N-dealkylation sites (N-methyl/N-ethyl adjacent to an activating group) is 1. The lowest BCUT2D eigenvalue weighted by Crippen LogP contribution is -2.40. The molecule has 2 rings (SSSR count). The van der Waals surface area contributed by atoms with Crippen LogP contribution in [0.1, 0.15) is 18.5 Å². The first-order chi connectivity index (χ1) is 13.6. The van der Waals surface area contributed by atoms with E-state index in [0.717, 1.165) is 12.1 Å². The van der Waals surface area contributed by atoms with Crippen LogP contribution in [0.3, 0.4) is 0 Å². The number of carbonyl (C=O) groups excluding carboxylic acids is 2. The van der Waals surface area contributed by atoms with E-state index < -0.39 is 52.6 Å². The Kier molecular flexibility index (Phi) is 7.27. The summed E-state index contributed by atoms with van der Waals surface area (Å²) in [4.78, 5) is 25.3. The van der Waals surface area contributed by atoms with Gasteiger partial charge in [-0.3, -0.25) is 14.5 Å². The SMILES string of the molecule is C[C@H](NC(=O)CN(C)CC(=O)Nc1ccc(F)c(F)c1F)c1ccc(F)cc1F. The Morgan fingerprint density at radius 2 is 1.59 bits per heavy atom. The molecule has 2 N–H and O–H groups in total. The average Bonchev–Trinajstić information content (AvgIpc) is 2.61. The Balaban J connectivity index is 1.88. The number of nitrogens with zero attached hydrogens (tertiary/aromatic N) is 1. The number of halogens is 5. The lowest BCUT2D eigenvalue weighted by atomic mass is 10.1. The van der Waals surface area contributed by atoms with Crippen LogP contribution in [0.15, 0.2) is 30.3 Å². The predicted molar refractivity (Wildman–Crippen MR) is 95.4 cm³/mol. The summed E-state index contributed by atoms with van der Waals surface area (Å²) in [5.41, 5.74) is -0.443. The fourth-order valence-electron chi connectivity index (χ4n) is 2.58. The second-order valence-electron chi connectivity index (χ2n) is 6.40. The maximum atomic E-state index is 13.7. The molecule has 0 spiro atoms. The van der Waals surface area contributed by atoms with Crippen LogP contribution in [-0.4, -0.2) is 36.9 Å². The molecule has 0 radical (unpaired) electrons. The number of amides is 2. The van der Waals surface area contributed by atoms with Crippen LogP contribution in [0.4, 0.5) is 27.6 Å². The molecule has 0 heterocycles. The highest BCUT2D eigenvalue weighted by atomic mass is 19.2. The maximum absolute atomic E-state index is 13.7. The van der Waals surface area contributed by atoms with E-state index in [-0.39, 0.29) is 18.7 Å². The van der Waals surface area contributed by atoms with Gasteiger partial charge in [0.15, 0.2) is 17.5 Å². The molecule has 0 aromatic heterocycles. The summed E-state index contributed by atoms with van der Waals surface area (Å²) in [5.74, 6) is -7.49. The minimum Gasteiger partial charge on any atom is -0.348 e. The highest BCUT2D eigenvalue weighted by Gasteiger charge is 2.18. The zero-order chi connectivity index (χ0) is 21.7. The Morgan fingerprint density at radius 3 is 2.24 bits per heavy atom. The molecule has 0 saturated heterocycles. The molecule has 10 heteroatoms. The van der Waals surface area contributed by atoms with Crippen molar-refractivity contribution in [3.8, 4) is 0 Å². The molecule has 0 aliphatic carbocycles. The molecule has 0 fully saturated rings. The summed E-state index contributed by atoms with van der Waals surface area (Å²) < 4.78 is 66.3. The van der Waals surface area contributed by atoms with E-state index in [4.69, 9.17) is 0 Å². The predicted octanol–water partition coefficient (Wildman–Crippen LogP) is 3.13. The quantitative estimate of drug-likeness (QED) is 0.540. The fraction of sp³-hybridized carbons (Fsp3) is 0.263. The van der Waals surface area contributed by atoms with Gasteiger partial charge < -0.3 is 10.6 Å². The van der Waals surface area contributed by atoms with Crippen molar-refractivity contribution < 1.29 is 31.5 Å². The van der Waals surface area contributed by atoms with Crippen molar-refractivity contribution in [1.82, 2.24) is 10.2 Å². The number of hydrogen-bond acceptors (Lipinski definition) is 3. The monoisotopic (exact) mass is 415 g/mol. The van der Waals surface area contributed by atoms with Gasteiger partial charge in [0.05, 0.1) is 24.8 Å². The number of hydrogen-bond donors (Lipinski definition) is 2. The van der Waals surface area contributed by atoms with Gasteiger partial charge in [0.25, 0.3) is 0 Å². The normalized spacial score (nSPS) is 12.0. The summed E-state index contributed by atoms with van der Waals surface area (Å²) in [5, 5.41) is 4.59. The van der Waals surface area contributed by atoms with Crippen molar-refractivity contribution in [2.45, 2.75) is 13.0 Å². The molecule has 156 valence electrons. The van der Waals surface area contributed by atoms with Crippen LogP contribution in [0.2, 0.25) is 0 Å². The van der Waals surface area contributed by atoms with E-state index in [1.165, 1.54) is 24.9 Å². The van der Waals surface area contributed by atoms with Gasteiger partial charge in [-0.1, -0.05) is 6.07 Å². The van der Waals surface area contributed by atoms with Crippen molar-refractivity contribution in [3.63, 3.8) is 0 Å². The lowest BCUT2D eigenvalue weighted by Gasteiger charge is -2.19. The highest BCUT2D eigenvalue weighted by molar-refractivity contribution is 5.92. The van der Waals surface area contributed by atoms with Crippen molar-refractivity contribution in [1.29, 1.82) is 0 Å². The molecule has 5 nitrogen and oxygen atoms in total. The van der Waals surface area contributed by atoms with Gasteiger partial charge in [-0.2, -0.15) is 0 Å². The summed E-state index contributed by atoms with van der Waals surface area (Å²) in [6.07, 6.45) is 0. The number of nitrogens with one attached hydrogen (secondary N) is 2. The molecule has 1 atom stereocenters. The van der Waals surface area contributed by atoms with Crippen molar-refractivity contribution in [2.75, 3.05) is 25.5 Å². The van der Waals surface area contributed by atoms with Gasteiger partial charge >= 0.3 is 0 Å². The molecule has 0 aliphatic heterocycles. The molecule has 29 heavy (non-hydrogen) atoms. The maximum Gasteiger partial charge on any atom is 0.238 e. The van der Waals surface area contributed by atoms with E-state index in [0.29, 0.717) is 12.1 Å². The van der Waals surface area contributed by atoms with Crippen LogP contribution in [0.5, 0.6) is 0 Å². The van der Waals surface area contributed by atoms with E-state index in [2.05, 4.69) is 10.6 Å². The van der Waals surface area contributed by atoms with Crippen molar-refractivity contribution >= 4 is 17.5 Å². The molecule has 0 saturated carbocycles. The van der Waals surface area contributed by atoms with Gasteiger partial charge in [0.1, 0.15) is 11.6 Å². The zero-order valence-electron chi connectivity index (χ0n) is 15.5. The summed E-state index contributed by atoms with van der Waals surface area (Å²) in [7, 11) is 1.42. The van der Waals surface area contributed by atoms with Crippen LogP contribution in [0, 0.1) is 29.1 Å². The largest absolute Gasteiger partial charge is 0.348 e. The average molecular weight is 415 g/mol. The van der Waals surface area contributed by atoms with Crippen LogP contribution in [-0.2, 0) is 9.59 Å². The van der Waals surface area contributed by atoms with Gasteiger partial charge in [0.2, 0.25) is 11.8 Å². The summed E-state index contributed by atoms with van der Waals surface area (Å²) >= 11 is 0. The summed E-state index contributed by atoms with van der Waals surface area (Å²) in [6.45, 7) is 0.888. The minimum absolute atomic E-state index is 0.0916. The number of anilines is 1. The molecule has 0 aliphatic rings. The third kappa shape index (κ3) is 5.98. The number of benzene rings is 2. The minimum atomic E-state index is -1.71. The Morgan fingerprint density at radius 1 is 0.931 bits per heavy atom. The third-order valence-corrected chi connectivity index (χ3v) is 3.94. The van der Waals surface area contributed by atoms with Gasteiger partial charge in [-0.25, -0.2) is 22.0 Å². The zero-order valence-corrected chi connectivity index (χ0v) is 15.5. The molecule has 0 unspecified atom stereocenters. The van der Waals surface area contributed by atoms with Crippen LogP contribution >= 0.6 is 0 Å². The first-order valence-corrected chi connectivity index (χ1v) is 8.44. The Labute approximate surface area is 163 Å². The topological polar surface area (TPSA) is 61.4 Å². The first-order valence-electron chi connectivity index (χ1n) is 8.44. The van der Waals surface area contributed by atoms with Crippen molar-refractivity contribution in [2.24, 2.45) is 0 Å². The molecule has 2 aromatic rings. The highest BCUT2D eigenvalue weighted by Crippen LogP contribution is 2.20. The second-order valence-corrected chi connectivity index (χ2v) is 6.40. The van der Waals surface area contributed by atoms with Crippen LogP contribution in [0.25, 0.3) is 0 Å². The fourth-order valence-corrected chi connectivity index (χ4v) is 2.58. The molecule has 0 bridgehead atoms. The van der Waals surface area contributed by atoms with Gasteiger partial charge in [-0.05, 0) is 32.2 Å². The Bertz CT molecular complexity index is 923. The molecule has 2 amide bonds. The van der Waals surface area contributed by atoms with Crippen LogP contribution < -0.4 is 10.6 Å². The Hall–Kier alpha value is -3.01. The molecule has 2 aromatic carbocycles. The van der Waals surface area contributed by atoms with Gasteiger partial charge in [-0.15, -0.1) is 0 Å². The van der Waals surface area contributed by atoms with E-state index in [1.807, 2.05) is 0 Å². The lowest BCUT2D eigenvalue weighted by molar-refractivity contribution is -0.123. The van der Waals surface area contributed by atoms with E-state index in [1.54, 1.807) is 0 Å². The van der Waals surface area contributed by atoms with Gasteiger partial charge in [0, 0.05) is 11.6 Å². The van der Waals surface area contributed by atoms with Crippen molar-refractivity contribution in [3.05, 3.63) is 65.0 Å². The van der Waals surface area contributed by atoms with E-state index >= 15 is 0 Å². The summed E-state index contributed by atoms with van der Waals surface area (Å²) in [6, 6.07) is 3.77. The third-order valence-electron chi connectivity index (χ3n) is 3.94. The molecular weight excluding hydrogens is 397 g/mol. The van der Waals surface area contributed by atoms with E-state index in [9.17, 15) is 31.5 Å². The standard InChI is InChI=1S/C19H18F5N3O2/c1-10(12-4-3-11(20)7-14(12)22)25-16(28)8-27(2)9-17(29)26-15-6-5-13(21)18(23)19(15)24/h3-7,10H,8-9H2,1-2H3,(H,25,28)(H,26,29)/t10-/m0/s1. The number of rotatable bonds is 7. The first kappa shape index (κ1) is 22.3. The molecular formula is C19H18F5N3O2.